The number of benzene rings is 1. The molecule has 1 aromatic carbocycles. The van der Waals surface area contributed by atoms with Crippen LogP contribution >= 0.6 is 11.6 Å². The van der Waals surface area contributed by atoms with Crippen molar-refractivity contribution < 1.29 is 5.11 Å². The molecule has 0 spiro atoms. The summed E-state index contributed by atoms with van der Waals surface area (Å²) in [6.07, 6.45) is 1.53. The monoisotopic (exact) mass is 254 g/mol. The second kappa shape index (κ2) is 6.42. The Morgan fingerprint density at radius 3 is 2.29 bits per heavy atom. The van der Waals surface area contributed by atoms with Crippen molar-refractivity contribution in [1.82, 2.24) is 0 Å². The Balaban J connectivity index is 2.81. The van der Waals surface area contributed by atoms with E-state index in [1.165, 1.54) is 11.1 Å². The molecule has 1 aromatic rings. The summed E-state index contributed by atoms with van der Waals surface area (Å²) in [5.74, 6) is 0.967. The van der Waals surface area contributed by atoms with Crippen molar-refractivity contribution in [2.45, 2.75) is 52.6 Å². The first-order valence-electron chi connectivity index (χ1n) is 6.36. The van der Waals surface area contributed by atoms with E-state index in [0.717, 1.165) is 17.9 Å². The van der Waals surface area contributed by atoms with Crippen LogP contribution in [0.2, 0.25) is 5.02 Å². The van der Waals surface area contributed by atoms with Crippen molar-refractivity contribution in [3.8, 4) is 0 Å². The molecule has 1 N–H and O–H groups in total. The highest BCUT2D eigenvalue weighted by Crippen LogP contribution is 2.27. The predicted molar refractivity (Wildman–Crippen MR) is 74.7 cm³/mol. The molecule has 0 fully saturated rings. The normalized spacial score (nSPS) is 15.0. The summed E-state index contributed by atoms with van der Waals surface area (Å²) in [5.41, 5.74) is 2.43. The second-order valence-electron chi connectivity index (χ2n) is 5.43. The molecule has 2 unspecified atom stereocenters. The highest BCUT2D eigenvalue weighted by molar-refractivity contribution is 6.31. The van der Waals surface area contributed by atoms with Gasteiger partial charge in [-0.25, -0.2) is 0 Å². The summed E-state index contributed by atoms with van der Waals surface area (Å²) in [4.78, 5) is 0. The Kier molecular flexibility index (Phi) is 5.48. The zero-order valence-corrected chi connectivity index (χ0v) is 12.0. The van der Waals surface area contributed by atoms with Crippen molar-refractivity contribution in [2.75, 3.05) is 0 Å². The van der Waals surface area contributed by atoms with Crippen molar-refractivity contribution in [3.63, 3.8) is 0 Å². The van der Waals surface area contributed by atoms with E-state index in [0.29, 0.717) is 11.8 Å². The molecule has 2 heteroatoms. The van der Waals surface area contributed by atoms with Crippen LogP contribution in [-0.2, 0) is 6.42 Å². The number of hydrogen-bond donors (Lipinski definition) is 1. The van der Waals surface area contributed by atoms with E-state index in [9.17, 15) is 5.11 Å². The number of hydrogen-bond acceptors (Lipinski definition) is 1. The van der Waals surface area contributed by atoms with Crippen LogP contribution < -0.4 is 0 Å². The average Bonchev–Trinajstić information content (AvgIpc) is 2.19. The quantitative estimate of drug-likeness (QED) is 0.825. The minimum atomic E-state index is -0.265. The molecule has 0 heterocycles. The molecule has 0 bridgehead atoms. The van der Waals surface area contributed by atoms with Crippen LogP contribution in [0.25, 0.3) is 0 Å². The minimum Gasteiger partial charge on any atom is -0.393 e. The van der Waals surface area contributed by atoms with Gasteiger partial charge in [0.2, 0.25) is 0 Å². The third-order valence-corrected chi connectivity index (χ3v) is 3.32. The lowest BCUT2D eigenvalue weighted by molar-refractivity contribution is 0.176. The van der Waals surface area contributed by atoms with E-state index in [1.807, 2.05) is 13.0 Å². The van der Waals surface area contributed by atoms with E-state index in [4.69, 9.17) is 11.6 Å². The van der Waals surface area contributed by atoms with Crippen LogP contribution in [0, 0.1) is 5.92 Å². The molecule has 0 saturated carbocycles. The van der Waals surface area contributed by atoms with Crippen molar-refractivity contribution in [2.24, 2.45) is 5.92 Å². The van der Waals surface area contributed by atoms with E-state index in [2.05, 4.69) is 32.9 Å². The topological polar surface area (TPSA) is 20.2 Å². The molecule has 0 saturated heterocycles. The highest BCUT2D eigenvalue weighted by atomic mass is 35.5. The van der Waals surface area contributed by atoms with Crippen LogP contribution in [0.4, 0.5) is 0 Å². The Labute approximate surface area is 110 Å². The molecule has 0 amide bonds. The number of aliphatic hydroxyl groups excluding tert-OH is 1. The Morgan fingerprint density at radius 2 is 1.82 bits per heavy atom. The summed E-state index contributed by atoms with van der Waals surface area (Å²) >= 11 is 6.29. The minimum absolute atomic E-state index is 0.265. The lowest BCUT2D eigenvalue weighted by atomic mass is 9.93. The van der Waals surface area contributed by atoms with Crippen LogP contribution in [0.5, 0.6) is 0 Å². The lowest BCUT2D eigenvalue weighted by Gasteiger charge is -2.16. The third kappa shape index (κ3) is 4.69. The molecule has 0 aliphatic heterocycles. The lowest BCUT2D eigenvalue weighted by Crippen LogP contribution is -2.06. The van der Waals surface area contributed by atoms with E-state index < -0.39 is 0 Å². The molecule has 0 aliphatic rings. The van der Waals surface area contributed by atoms with E-state index >= 15 is 0 Å². The standard InChI is InChI=1S/C15H23ClO/c1-10(2)7-14-6-5-13(9-15(14)16)11(3)8-12(4)17/h5-6,9-12,17H,7-8H2,1-4H3. The first-order valence-corrected chi connectivity index (χ1v) is 6.74. The first-order chi connectivity index (χ1) is 7.90. The second-order valence-corrected chi connectivity index (χ2v) is 5.84. The Morgan fingerprint density at radius 1 is 1.18 bits per heavy atom. The molecule has 0 radical (unpaired) electrons. The predicted octanol–water partition coefficient (Wildman–Crippen LogP) is 4.41. The van der Waals surface area contributed by atoms with Crippen LogP contribution in [0.1, 0.15) is 51.2 Å². The van der Waals surface area contributed by atoms with Gasteiger partial charge in [-0.2, -0.15) is 0 Å². The fourth-order valence-electron chi connectivity index (χ4n) is 2.12. The molecular weight excluding hydrogens is 232 g/mol. The largest absolute Gasteiger partial charge is 0.393 e. The van der Waals surface area contributed by atoms with Gasteiger partial charge in [0.25, 0.3) is 0 Å². The highest BCUT2D eigenvalue weighted by Gasteiger charge is 2.11. The summed E-state index contributed by atoms with van der Waals surface area (Å²) in [6.45, 7) is 8.34. The zero-order valence-electron chi connectivity index (χ0n) is 11.2. The van der Waals surface area contributed by atoms with Crippen LogP contribution in [0.15, 0.2) is 18.2 Å². The van der Waals surface area contributed by atoms with Gasteiger partial charge in [-0.15, -0.1) is 0 Å². The van der Waals surface area contributed by atoms with Gasteiger partial charge in [0, 0.05) is 5.02 Å². The van der Waals surface area contributed by atoms with Crippen molar-refractivity contribution in [1.29, 1.82) is 0 Å². The van der Waals surface area contributed by atoms with Gasteiger partial charge in [0.15, 0.2) is 0 Å². The third-order valence-electron chi connectivity index (χ3n) is 2.97. The number of aliphatic hydroxyl groups is 1. The fourth-order valence-corrected chi connectivity index (χ4v) is 2.39. The zero-order chi connectivity index (χ0) is 13.0. The molecule has 17 heavy (non-hydrogen) atoms. The Hall–Kier alpha value is -0.530. The summed E-state index contributed by atoms with van der Waals surface area (Å²) < 4.78 is 0. The molecule has 0 aromatic heterocycles. The fraction of sp³-hybridized carbons (Fsp3) is 0.600. The first kappa shape index (κ1) is 14.5. The summed E-state index contributed by atoms with van der Waals surface area (Å²) in [5, 5.41) is 10.2. The van der Waals surface area contributed by atoms with Crippen LogP contribution in [0.3, 0.4) is 0 Å². The molecular formula is C15H23ClO. The number of halogens is 1. The van der Waals surface area contributed by atoms with E-state index in [1.54, 1.807) is 0 Å². The van der Waals surface area contributed by atoms with Crippen molar-refractivity contribution >= 4 is 11.6 Å². The van der Waals surface area contributed by atoms with E-state index in [-0.39, 0.29) is 6.10 Å². The van der Waals surface area contributed by atoms with Gasteiger partial charge in [0.1, 0.15) is 0 Å². The Bertz CT molecular complexity index is 358. The van der Waals surface area contributed by atoms with Gasteiger partial charge >= 0.3 is 0 Å². The molecule has 1 rings (SSSR count). The van der Waals surface area contributed by atoms with Gasteiger partial charge < -0.3 is 5.11 Å². The van der Waals surface area contributed by atoms with Gasteiger partial charge in [0.05, 0.1) is 6.10 Å². The summed E-state index contributed by atoms with van der Waals surface area (Å²) in [7, 11) is 0. The van der Waals surface area contributed by atoms with Gasteiger partial charge in [-0.3, -0.25) is 0 Å². The maximum Gasteiger partial charge on any atom is 0.0517 e. The molecule has 2 atom stereocenters. The SMILES string of the molecule is CC(C)Cc1ccc(C(C)CC(C)O)cc1Cl. The smallest absolute Gasteiger partial charge is 0.0517 e. The molecule has 0 aliphatic carbocycles. The maximum atomic E-state index is 9.39. The molecule has 96 valence electrons. The van der Waals surface area contributed by atoms with Gasteiger partial charge in [-0.05, 0) is 48.8 Å². The van der Waals surface area contributed by atoms with Crippen molar-refractivity contribution in [3.05, 3.63) is 34.3 Å². The van der Waals surface area contributed by atoms with Crippen LogP contribution in [-0.4, -0.2) is 11.2 Å². The summed E-state index contributed by atoms with van der Waals surface area (Å²) in [6, 6.07) is 6.30. The number of rotatable bonds is 5. The van der Waals surface area contributed by atoms with Gasteiger partial charge in [-0.1, -0.05) is 44.5 Å². The average molecular weight is 255 g/mol. The maximum absolute atomic E-state index is 9.39. The molecule has 1 nitrogen and oxygen atoms in total.